The van der Waals surface area contributed by atoms with Crippen LogP contribution in [0.5, 0.6) is 0 Å². The molecule has 2 aliphatic rings. The van der Waals surface area contributed by atoms with Gasteiger partial charge in [-0.15, -0.1) is 0 Å². The summed E-state index contributed by atoms with van der Waals surface area (Å²) in [7, 11) is 0. The maximum Gasteiger partial charge on any atom is 0.240 e. The van der Waals surface area contributed by atoms with Gasteiger partial charge in [-0.3, -0.25) is 14.4 Å². The quantitative estimate of drug-likeness (QED) is 0.902. The van der Waals surface area contributed by atoms with Crippen LogP contribution in [0.15, 0.2) is 0 Å². The minimum atomic E-state index is -0.236. The summed E-state index contributed by atoms with van der Waals surface area (Å²) in [5, 5.41) is 7.80. The summed E-state index contributed by atoms with van der Waals surface area (Å²) in [4.78, 5) is 15.5. The highest BCUT2D eigenvalue weighted by Crippen LogP contribution is 2.36. The first-order valence-electron chi connectivity index (χ1n) is 9.58. The van der Waals surface area contributed by atoms with Crippen molar-refractivity contribution in [1.82, 2.24) is 20.0 Å². The van der Waals surface area contributed by atoms with Crippen molar-refractivity contribution in [3.63, 3.8) is 0 Å². The van der Waals surface area contributed by atoms with E-state index in [1.165, 1.54) is 43.4 Å². The van der Waals surface area contributed by atoms with Gasteiger partial charge in [-0.05, 0) is 65.1 Å². The second kappa shape index (κ2) is 7.26. The number of carbonyl (C=O) groups is 1. The van der Waals surface area contributed by atoms with Crippen molar-refractivity contribution in [3.05, 3.63) is 17.0 Å². The molecular weight excluding hydrogens is 300 g/mol. The van der Waals surface area contributed by atoms with Gasteiger partial charge in [-0.1, -0.05) is 19.3 Å². The SMILES string of the molecule is Cc1nn(CCNC(=O)C2(N3CCCC3)CCCCC2)c(C)c1C. The molecule has 24 heavy (non-hydrogen) atoms. The van der Waals surface area contributed by atoms with E-state index in [1.54, 1.807) is 0 Å². The lowest BCUT2D eigenvalue weighted by Crippen LogP contribution is -2.59. The molecule has 0 atom stereocenters. The number of hydrogen-bond donors (Lipinski definition) is 1. The van der Waals surface area contributed by atoms with Gasteiger partial charge in [0.05, 0.1) is 12.2 Å². The Morgan fingerprint density at radius 3 is 2.33 bits per heavy atom. The molecule has 1 aliphatic heterocycles. The highest BCUT2D eigenvalue weighted by atomic mass is 16.2. The summed E-state index contributed by atoms with van der Waals surface area (Å²) in [6.45, 7) is 9.84. The molecule has 1 saturated carbocycles. The molecule has 1 amide bonds. The van der Waals surface area contributed by atoms with Gasteiger partial charge in [-0.25, -0.2) is 0 Å². The molecule has 1 aromatic heterocycles. The molecule has 1 aromatic rings. The lowest BCUT2D eigenvalue weighted by Gasteiger charge is -2.43. The Hall–Kier alpha value is -1.36. The van der Waals surface area contributed by atoms with Gasteiger partial charge in [0.25, 0.3) is 0 Å². The van der Waals surface area contributed by atoms with Crippen LogP contribution in [0, 0.1) is 20.8 Å². The van der Waals surface area contributed by atoms with E-state index in [1.807, 2.05) is 11.6 Å². The number of nitrogens with one attached hydrogen (secondary N) is 1. The Morgan fingerprint density at radius 2 is 1.75 bits per heavy atom. The van der Waals surface area contributed by atoms with Crippen LogP contribution in [-0.4, -0.2) is 45.8 Å². The topological polar surface area (TPSA) is 50.2 Å². The number of hydrogen-bond acceptors (Lipinski definition) is 3. The molecule has 1 N–H and O–H groups in total. The number of carbonyl (C=O) groups excluding carboxylic acids is 1. The van der Waals surface area contributed by atoms with E-state index in [2.05, 4.69) is 29.2 Å². The third kappa shape index (κ3) is 3.23. The van der Waals surface area contributed by atoms with Crippen molar-refractivity contribution >= 4 is 5.91 Å². The number of aryl methyl sites for hydroxylation is 1. The van der Waals surface area contributed by atoms with Crippen molar-refractivity contribution < 1.29 is 4.79 Å². The first-order chi connectivity index (χ1) is 11.5. The van der Waals surface area contributed by atoms with E-state index < -0.39 is 0 Å². The second-order valence-electron chi connectivity index (χ2n) is 7.56. The molecule has 0 spiro atoms. The third-order valence-corrected chi connectivity index (χ3v) is 6.17. The van der Waals surface area contributed by atoms with Gasteiger partial charge >= 0.3 is 0 Å². The van der Waals surface area contributed by atoms with E-state index in [4.69, 9.17) is 0 Å². The molecule has 3 rings (SSSR count). The van der Waals surface area contributed by atoms with Crippen molar-refractivity contribution in [1.29, 1.82) is 0 Å². The minimum absolute atomic E-state index is 0.236. The van der Waals surface area contributed by atoms with E-state index >= 15 is 0 Å². The fraction of sp³-hybridized carbons (Fsp3) is 0.789. The molecule has 0 aromatic carbocycles. The van der Waals surface area contributed by atoms with E-state index in [9.17, 15) is 4.79 Å². The Balaban J connectivity index is 1.62. The molecular formula is C19H32N4O. The van der Waals surface area contributed by atoms with Gasteiger partial charge in [-0.2, -0.15) is 5.10 Å². The molecule has 134 valence electrons. The maximum absolute atomic E-state index is 13.1. The number of amides is 1. The highest BCUT2D eigenvalue weighted by Gasteiger charge is 2.45. The van der Waals surface area contributed by atoms with Crippen molar-refractivity contribution in [2.24, 2.45) is 0 Å². The zero-order valence-electron chi connectivity index (χ0n) is 15.5. The summed E-state index contributed by atoms with van der Waals surface area (Å²) < 4.78 is 2.02. The summed E-state index contributed by atoms with van der Waals surface area (Å²) in [5.74, 6) is 0.252. The molecule has 2 heterocycles. The van der Waals surface area contributed by atoms with Gasteiger partial charge < -0.3 is 5.32 Å². The Bertz CT molecular complexity index is 580. The van der Waals surface area contributed by atoms with Crippen LogP contribution < -0.4 is 5.32 Å². The Labute approximate surface area is 145 Å². The molecule has 0 radical (unpaired) electrons. The molecule has 0 bridgehead atoms. The fourth-order valence-corrected chi connectivity index (χ4v) is 4.41. The second-order valence-corrected chi connectivity index (χ2v) is 7.56. The molecule has 1 aliphatic carbocycles. The lowest BCUT2D eigenvalue weighted by atomic mass is 9.79. The third-order valence-electron chi connectivity index (χ3n) is 6.17. The summed E-state index contributed by atoms with van der Waals surface area (Å²) in [6, 6.07) is 0. The van der Waals surface area contributed by atoms with E-state index in [-0.39, 0.29) is 11.4 Å². The smallest absolute Gasteiger partial charge is 0.240 e. The monoisotopic (exact) mass is 332 g/mol. The Morgan fingerprint density at radius 1 is 1.08 bits per heavy atom. The largest absolute Gasteiger partial charge is 0.353 e. The Kier molecular flexibility index (Phi) is 5.28. The molecule has 0 unspecified atom stereocenters. The lowest BCUT2D eigenvalue weighted by molar-refractivity contribution is -0.135. The molecule has 1 saturated heterocycles. The number of rotatable bonds is 5. The van der Waals surface area contributed by atoms with Crippen molar-refractivity contribution in [3.8, 4) is 0 Å². The average Bonchev–Trinajstić information content (AvgIpc) is 3.21. The van der Waals surface area contributed by atoms with Crippen LogP contribution in [0.25, 0.3) is 0 Å². The zero-order valence-corrected chi connectivity index (χ0v) is 15.5. The molecule has 2 fully saturated rings. The first-order valence-corrected chi connectivity index (χ1v) is 9.58. The number of nitrogens with zero attached hydrogens (tertiary/aromatic N) is 3. The maximum atomic E-state index is 13.1. The summed E-state index contributed by atoms with van der Waals surface area (Å²) in [5.41, 5.74) is 3.30. The molecule has 5 heteroatoms. The van der Waals surface area contributed by atoms with Crippen molar-refractivity contribution in [2.75, 3.05) is 19.6 Å². The van der Waals surface area contributed by atoms with Crippen LogP contribution in [0.4, 0.5) is 0 Å². The highest BCUT2D eigenvalue weighted by molar-refractivity contribution is 5.86. The average molecular weight is 332 g/mol. The normalized spacial score (nSPS) is 21.1. The van der Waals surface area contributed by atoms with E-state index in [0.29, 0.717) is 6.54 Å². The van der Waals surface area contributed by atoms with E-state index in [0.717, 1.165) is 38.2 Å². The minimum Gasteiger partial charge on any atom is -0.353 e. The van der Waals surface area contributed by atoms with Crippen LogP contribution in [0.2, 0.25) is 0 Å². The predicted octanol–water partition coefficient (Wildman–Crippen LogP) is 2.72. The standard InChI is InChI=1S/C19H32N4O/c1-15-16(2)21-23(17(15)3)14-11-20-18(24)19(9-5-4-6-10-19)22-12-7-8-13-22/h4-14H2,1-3H3,(H,20,24). The van der Waals surface area contributed by atoms with Gasteiger partial charge in [0.1, 0.15) is 5.54 Å². The van der Waals surface area contributed by atoms with Crippen LogP contribution in [-0.2, 0) is 11.3 Å². The summed E-state index contributed by atoms with van der Waals surface area (Å²) in [6.07, 6.45) is 8.16. The van der Waals surface area contributed by atoms with Gasteiger partial charge in [0.15, 0.2) is 0 Å². The fourth-order valence-electron chi connectivity index (χ4n) is 4.41. The molecule has 5 nitrogen and oxygen atoms in total. The number of aromatic nitrogens is 2. The predicted molar refractivity (Wildman–Crippen MR) is 96.1 cm³/mol. The van der Waals surface area contributed by atoms with Gasteiger partial charge in [0, 0.05) is 12.2 Å². The van der Waals surface area contributed by atoms with Crippen LogP contribution in [0.3, 0.4) is 0 Å². The van der Waals surface area contributed by atoms with Crippen molar-refractivity contribution in [2.45, 2.75) is 77.8 Å². The van der Waals surface area contributed by atoms with Gasteiger partial charge in [0.2, 0.25) is 5.91 Å². The van der Waals surface area contributed by atoms with Crippen LogP contribution in [0.1, 0.15) is 61.9 Å². The zero-order chi connectivity index (χ0) is 17.2. The first kappa shape index (κ1) is 17.5. The number of likely N-dealkylation sites (tertiary alicyclic amines) is 1. The van der Waals surface area contributed by atoms with Crippen LogP contribution >= 0.6 is 0 Å². The summed E-state index contributed by atoms with van der Waals surface area (Å²) >= 11 is 0.